The number of benzene rings is 4. The van der Waals surface area contributed by atoms with Crippen LogP contribution in [0, 0.1) is 0 Å². The molecule has 1 N–H and O–H groups in total. The minimum absolute atomic E-state index is 0.304. The van der Waals surface area contributed by atoms with Crippen LogP contribution in [0.5, 0.6) is 11.5 Å². The average Bonchev–Trinajstić information content (AvgIpc) is 2.89. The van der Waals surface area contributed by atoms with Crippen molar-refractivity contribution in [2.75, 3.05) is 0 Å². The molecule has 36 heavy (non-hydrogen) atoms. The highest BCUT2D eigenvalue weighted by molar-refractivity contribution is 6.35. The zero-order chi connectivity index (χ0) is 25.5. The fraction of sp³-hybridized carbons (Fsp3) is 0.107. The van der Waals surface area contributed by atoms with Crippen molar-refractivity contribution in [1.82, 2.24) is 5.43 Å². The minimum atomic E-state index is -0.830. The van der Waals surface area contributed by atoms with Gasteiger partial charge in [-0.1, -0.05) is 78.7 Å². The standard InChI is InChI=1S/C28H22Cl2N2O4/c1-2-24(35-26-15-13-20(29)16-23(26)30)27(33)32-31-17-22-21-11-7-6-8-18(21)12-14-25(22)36-28(34)19-9-4-3-5-10-19/h3-17,24H,2H2,1H3,(H,32,33)/b31-17-/t24-/m1/s1. The molecule has 0 aliphatic rings. The zero-order valence-corrected chi connectivity index (χ0v) is 20.8. The molecule has 4 rings (SSSR count). The molecule has 0 aliphatic carbocycles. The summed E-state index contributed by atoms with van der Waals surface area (Å²) in [5.41, 5.74) is 3.48. The lowest BCUT2D eigenvalue weighted by atomic mass is 10.0. The van der Waals surface area contributed by atoms with Gasteiger partial charge in [0.05, 0.1) is 16.8 Å². The van der Waals surface area contributed by atoms with Gasteiger partial charge in [-0.05, 0) is 53.6 Å². The zero-order valence-electron chi connectivity index (χ0n) is 19.3. The third-order valence-electron chi connectivity index (χ3n) is 5.34. The Morgan fingerprint density at radius 1 is 0.944 bits per heavy atom. The molecule has 0 saturated heterocycles. The van der Waals surface area contributed by atoms with Crippen molar-refractivity contribution in [1.29, 1.82) is 0 Å². The average molecular weight is 521 g/mol. The van der Waals surface area contributed by atoms with Gasteiger partial charge < -0.3 is 9.47 Å². The number of rotatable bonds is 8. The quantitative estimate of drug-likeness (QED) is 0.122. The summed E-state index contributed by atoms with van der Waals surface area (Å²) in [6.07, 6.45) is 1.01. The van der Waals surface area contributed by atoms with E-state index in [4.69, 9.17) is 32.7 Å². The van der Waals surface area contributed by atoms with Crippen molar-refractivity contribution in [3.63, 3.8) is 0 Å². The van der Waals surface area contributed by atoms with Crippen LogP contribution in [0.15, 0.2) is 90.0 Å². The van der Waals surface area contributed by atoms with Gasteiger partial charge in [0, 0.05) is 10.6 Å². The maximum atomic E-state index is 12.8. The summed E-state index contributed by atoms with van der Waals surface area (Å²) in [5, 5.41) is 6.64. The first-order chi connectivity index (χ1) is 17.5. The van der Waals surface area contributed by atoms with E-state index in [-0.39, 0.29) is 0 Å². The first kappa shape index (κ1) is 25.2. The molecule has 0 radical (unpaired) electrons. The molecular weight excluding hydrogens is 499 g/mol. The van der Waals surface area contributed by atoms with Crippen molar-refractivity contribution < 1.29 is 19.1 Å². The number of hydrogen-bond donors (Lipinski definition) is 1. The molecule has 0 bridgehead atoms. The van der Waals surface area contributed by atoms with Crippen LogP contribution in [0.25, 0.3) is 10.8 Å². The number of halogens is 2. The summed E-state index contributed by atoms with van der Waals surface area (Å²) in [4.78, 5) is 25.4. The lowest BCUT2D eigenvalue weighted by molar-refractivity contribution is -0.128. The molecular formula is C28H22Cl2N2O4. The van der Waals surface area contributed by atoms with Gasteiger partial charge in [0.15, 0.2) is 6.10 Å². The number of hydrogen-bond acceptors (Lipinski definition) is 5. The Bertz CT molecular complexity index is 1420. The number of ether oxygens (including phenoxy) is 2. The third kappa shape index (κ3) is 6.03. The van der Waals surface area contributed by atoms with Gasteiger partial charge in [0.25, 0.3) is 5.91 Å². The molecule has 4 aromatic carbocycles. The molecule has 0 aliphatic heterocycles. The molecule has 0 heterocycles. The topological polar surface area (TPSA) is 77.0 Å². The Balaban J connectivity index is 1.55. The van der Waals surface area contributed by atoms with E-state index >= 15 is 0 Å². The van der Waals surface area contributed by atoms with Crippen molar-refractivity contribution in [3.05, 3.63) is 106 Å². The molecule has 0 spiro atoms. The minimum Gasteiger partial charge on any atom is -0.479 e. The number of carbonyl (C=O) groups excluding carboxylic acids is 2. The second-order valence-electron chi connectivity index (χ2n) is 7.78. The van der Waals surface area contributed by atoms with E-state index in [1.807, 2.05) is 43.3 Å². The van der Waals surface area contributed by atoms with E-state index in [0.717, 1.165) is 10.8 Å². The number of hydrazone groups is 1. The number of fused-ring (bicyclic) bond motifs is 1. The third-order valence-corrected chi connectivity index (χ3v) is 5.87. The van der Waals surface area contributed by atoms with Gasteiger partial charge in [-0.15, -0.1) is 0 Å². The van der Waals surface area contributed by atoms with Crippen LogP contribution in [0.1, 0.15) is 29.3 Å². The van der Waals surface area contributed by atoms with Crippen LogP contribution >= 0.6 is 23.2 Å². The number of amides is 1. The van der Waals surface area contributed by atoms with Gasteiger partial charge in [0.1, 0.15) is 11.5 Å². The Kier molecular flexibility index (Phi) is 8.21. The fourth-order valence-electron chi connectivity index (χ4n) is 3.51. The number of nitrogens with one attached hydrogen (secondary N) is 1. The lowest BCUT2D eigenvalue weighted by Crippen LogP contribution is -2.35. The van der Waals surface area contributed by atoms with Crippen LogP contribution in [-0.2, 0) is 4.79 Å². The Labute approximate surface area is 218 Å². The summed E-state index contributed by atoms with van der Waals surface area (Å²) in [6.45, 7) is 1.81. The maximum Gasteiger partial charge on any atom is 0.343 e. The van der Waals surface area contributed by atoms with Gasteiger partial charge in [0.2, 0.25) is 0 Å². The van der Waals surface area contributed by atoms with Crippen LogP contribution < -0.4 is 14.9 Å². The van der Waals surface area contributed by atoms with Crippen molar-refractivity contribution in [3.8, 4) is 11.5 Å². The Morgan fingerprint density at radius 3 is 2.42 bits per heavy atom. The highest BCUT2D eigenvalue weighted by atomic mass is 35.5. The summed E-state index contributed by atoms with van der Waals surface area (Å²) >= 11 is 12.1. The second kappa shape index (κ2) is 11.7. The molecule has 0 saturated carbocycles. The highest BCUT2D eigenvalue weighted by Gasteiger charge is 2.20. The SMILES string of the molecule is CC[C@@H](Oc1ccc(Cl)cc1Cl)C(=O)N/N=C\c1c(OC(=O)c2ccccc2)ccc2ccccc12. The number of nitrogens with zero attached hydrogens (tertiary/aromatic N) is 1. The largest absolute Gasteiger partial charge is 0.479 e. The van der Waals surface area contributed by atoms with Crippen molar-refractivity contribution >= 4 is 52.1 Å². The van der Waals surface area contributed by atoms with Crippen LogP contribution in [0.4, 0.5) is 0 Å². The summed E-state index contributed by atoms with van der Waals surface area (Å²) in [7, 11) is 0. The van der Waals surface area contributed by atoms with Crippen molar-refractivity contribution in [2.24, 2.45) is 5.10 Å². The molecule has 1 atom stereocenters. The lowest BCUT2D eigenvalue weighted by Gasteiger charge is -2.16. The Morgan fingerprint density at radius 2 is 1.67 bits per heavy atom. The van der Waals surface area contributed by atoms with Crippen molar-refractivity contribution in [2.45, 2.75) is 19.4 Å². The van der Waals surface area contributed by atoms with E-state index < -0.39 is 18.0 Å². The molecule has 0 fully saturated rings. The maximum absolute atomic E-state index is 12.8. The van der Waals surface area contributed by atoms with E-state index in [9.17, 15) is 9.59 Å². The predicted molar refractivity (Wildman–Crippen MR) is 142 cm³/mol. The molecule has 4 aromatic rings. The van der Waals surface area contributed by atoms with Crippen LogP contribution in [0.2, 0.25) is 10.0 Å². The summed E-state index contributed by atoms with van der Waals surface area (Å²) < 4.78 is 11.4. The first-order valence-corrected chi connectivity index (χ1v) is 12.0. The normalized spacial score (nSPS) is 11.9. The number of esters is 1. The van der Waals surface area contributed by atoms with E-state index in [1.54, 1.807) is 48.5 Å². The van der Waals surface area contributed by atoms with Gasteiger partial charge >= 0.3 is 5.97 Å². The fourth-order valence-corrected chi connectivity index (χ4v) is 3.96. The molecule has 0 unspecified atom stereocenters. The molecule has 8 heteroatoms. The second-order valence-corrected chi connectivity index (χ2v) is 8.62. The van der Waals surface area contributed by atoms with E-state index in [1.165, 1.54) is 6.21 Å². The summed E-state index contributed by atoms with van der Waals surface area (Å²) in [6, 6.07) is 24.6. The Hall–Kier alpha value is -3.87. The highest BCUT2D eigenvalue weighted by Crippen LogP contribution is 2.29. The monoisotopic (exact) mass is 520 g/mol. The molecule has 182 valence electrons. The molecule has 0 aromatic heterocycles. The molecule has 1 amide bonds. The van der Waals surface area contributed by atoms with Crippen LogP contribution in [0.3, 0.4) is 0 Å². The predicted octanol–water partition coefficient (Wildman–Crippen LogP) is 6.67. The van der Waals surface area contributed by atoms with Gasteiger partial charge in [-0.25, -0.2) is 10.2 Å². The summed E-state index contributed by atoms with van der Waals surface area (Å²) in [5.74, 6) is -0.292. The van der Waals surface area contributed by atoms with Gasteiger partial charge in [-0.3, -0.25) is 4.79 Å². The van der Waals surface area contributed by atoms with E-state index in [2.05, 4.69) is 10.5 Å². The van der Waals surface area contributed by atoms with E-state index in [0.29, 0.717) is 39.1 Å². The molecule has 6 nitrogen and oxygen atoms in total. The van der Waals surface area contributed by atoms with Gasteiger partial charge in [-0.2, -0.15) is 5.10 Å². The van der Waals surface area contributed by atoms with Crippen LogP contribution in [-0.4, -0.2) is 24.2 Å². The smallest absolute Gasteiger partial charge is 0.343 e. The first-order valence-electron chi connectivity index (χ1n) is 11.2. The number of carbonyl (C=O) groups is 2.